The molecule has 0 spiro atoms. The highest BCUT2D eigenvalue weighted by atomic mass is 15.3. The van der Waals surface area contributed by atoms with E-state index < -0.39 is 0 Å². The molecule has 2 atom stereocenters. The molecule has 1 fully saturated rings. The van der Waals surface area contributed by atoms with Gasteiger partial charge < -0.3 is 9.88 Å². The number of hydrogen-bond acceptors (Lipinski definition) is 3. The molecule has 13 heavy (non-hydrogen) atoms. The van der Waals surface area contributed by atoms with E-state index in [-0.39, 0.29) is 0 Å². The molecule has 1 saturated heterocycles. The van der Waals surface area contributed by atoms with Crippen LogP contribution in [0.1, 0.15) is 31.1 Å². The molecule has 0 radical (unpaired) electrons. The van der Waals surface area contributed by atoms with Crippen LogP contribution in [-0.4, -0.2) is 27.4 Å². The summed E-state index contributed by atoms with van der Waals surface area (Å²) in [6, 6.07) is 1.28. The maximum Gasteiger partial charge on any atom is 0.133 e. The second-order valence-corrected chi connectivity index (χ2v) is 3.96. The molecular formula is C9H14N4. The van der Waals surface area contributed by atoms with Gasteiger partial charge in [0, 0.05) is 12.5 Å². The number of fused-ring (bicyclic) bond motifs is 3. The van der Waals surface area contributed by atoms with Crippen LogP contribution in [0.15, 0.2) is 6.33 Å². The fourth-order valence-corrected chi connectivity index (χ4v) is 2.57. The molecule has 1 N–H and O–H groups in total. The van der Waals surface area contributed by atoms with Crippen molar-refractivity contribution in [1.29, 1.82) is 0 Å². The van der Waals surface area contributed by atoms with Gasteiger partial charge in [0.15, 0.2) is 0 Å². The van der Waals surface area contributed by atoms with Gasteiger partial charge in [0.25, 0.3) is 0 Å². The quantitative estimate of drug-likeness (QED) is 0.629. The Morgan fingerprint density at radius 1 is 1.46 bits per heavy atom. The molecular weight excluding hydrogens is 164 g/mol. The van der Waals surface area contributed by atoms with E-state index in [1.165, 1.54) is 31.6 Å². The molecule has 2 unspecified atom stereocenters. The zero-order valence-corrected chi connectivity index (χ0v) is 7.61. The van der Waals surface area contributed by atoms with Crippen LogP contribution in [0.3, 0.4) is 0 Å². The second-order valence-electron chi connectivity index (χ2n) is 3.96. The molecule has 0 bridgehead atoms. The zero-order valence-electron chi connectivity index (χ0n) is 7.61. The topological polar surface area (TPSA) is 42.7 Å². The summed E-state index contributed by atoms with van der Waals surface area (Å²) in [5.41, 5.74) is 0. The zero-order chi connectivity index (χ0) is 8.67. The molecule has 3 heterocycles. The number of rotatable bonds is 0. The smallest absolute Gasteiger partial charge is 0.133 e. The van der Waals surface area contributed by atoms with Crippen molar-refractivity contribution in [1.82, 2.24) is 20.1 Å². The Labute approximate surface area is 77.4 Å². The van der Waals surface area contributed by atoms with Gasteiger partial charge in [-0.1, -0.05) is 0 Å². The number of aromatic nitrogens is 3. The molecule has 1 aromatic heterocycles. The number of hydrogen-bond donors (Lipinski definition) is 1. The Morgan fingerprint density at radius 2 is 2.46 bits per heavy atom. The first-order valence-electron chi connectivity index (χ1n) is 5.07. The van der Waals surface area contributed by atoms with Gasteiger partial charge in [-0.25, -0.2) is 0 Å². The van der Waals surface area contributed by atoms with Crippen LogP contribution < -0.4 is 5.32 Å². The lowest BCUT2D eigenvalue weighted by molar-refractivity contribution is 0.238. The van der Waals surface area contributed by atoms with Crippen LogP contribution in [0, 0.1) is 0 Å². The van der Waals surface area contributed by atoms with Crippen molar-refractivity contribution in [3.63, 3.8) is 0 Å². The van der Waals surface area contributed by atoms with Crippen molar-refractivity contribution >= 4 is 0 Å². The highest BCUT2D eigenvalue weighted by Crippen LogP contribution is 2.29. The summed E-state index contributed by atoms with van der Waals surface area (Å²) in [5.74, 6) is 1.17. The molecule has 70 valence electrons. The summed E-state index contributed by atoms with van der Waals surface area (Å²) in [6.07, 6.45) is 6.75. The largest absolute Gasteiger partial charge is 0.313 e. The van der Waals surface area contributed by atoms with Gasteiger partial charge in [-0.15, -0.1) is 10.2 Å². The van der Waals surface area contributed by atoms with E-state index >= 15 is 0 Å². The highest BCUT2D eigenvalue weighted by Gasteiger charge is 2.31. The first-order valence-corrected chi connectivity index (χ1v) is 5.07. The summed E-state index contributed by atoms with van der Waals surface area (Å²) in [4.78, 5) is 0. The second kappa shape index (κ2) is 2.80. The lowest BCUT2D eigenvalue weighted by Crippen LogP contribution is -2.45. The van der Waals surface area contributed by atoms with Crippen LogP contribution in [-0.2, 0) is 6.42 Å². The van der Waals surface area contributed by atoms with Crippen molar-refractivity contribution in [2.24, 2.45) is 0 Å². The summed E-state index contributed by atoms with van der Waals surface area (Å²) < 4.78 is 2.26. The van der Waals surface area contributed by atoms with E-state index in [1.807, 2.05) is 6.33 Å². The Hall–Kier alpha value is -0.900. The average Bonchev–Trinajstić information content (AvgIpc) is 2.65. The van der Waals surface area contributed by atoms with Crippen LogP contribution in [0.4, 0.5) is 0 Å². The maximum atomic E-state index is 4.13. The highest BCUT2D eigenvalue weighted by molar-refractivity contribution is 5.01. The Balaban J connectivity index is 1.97. The van der Waals surface area contributed by atoms with Crippen LogP contribution in [0.25, 0.3) is 0 Å². The van der Waals surface area contributed by atoms with Gasteiger partial charge in [-0.05, 0) is 25.8 Å². The van der Waals surface area contributed by atoms with Crippen LogP contribution in [0.2, 0.25) is 0 Å². The van der Waals surface area contributed by atoms with E-state index in [2.05, 4.69) is 20.1 Å². The fourth-order valence-electron chi connectivity index (χ4n) is 2.57. The summed E-state index contributed by atoms with van der Waals surface area (Å²) in [7, 11) is 0. The van der Waals surface area contributed by atoms with Crippen LogP contribution in [0.5, 0.6) is 0 Å². The Morgan fingerprint density at radius 3 is 3.46 bits per heavy atom. The fraction of sp³-hybridized carbons (Fsp3) is 0.778. The molecule has 2 aliphatic heterocycles. The van der Waals surface area contributed by atoms with Crippen molar-refractivity contribution in [2.75, 3.05) is 6.54 Å². The summed E-state index contributed by atoms with van der Waals surface area (Å²) in [6.45, 7) is 1.18. The van der Waals surface area contributed by atoms with Gasteiger partial charge in [0.2, 0.25) is 0 Å². The standard InChI is InChI=1S/C9H14N4/c1-2-8-7(10-5-1)3-4-9-12-11-6-13(8)9/h6-8,10H,1-5H2. The minimum Gasteiger partial charge on any atom is -0.313 e. The van der Waals surface area contributed by atoms with Crippen molar-refractivity contribution in [3.8, 4) is 0 Å². The SMILES string of the molecule is c1nnc2n1C1CCCNC1CC2. The van der Waals surface area contributed by atoms with Crippen molar-refractivity contribution in [2.45, 2.75) is 37.8 Å². The molecule has 0 aromatic carbocycles. The number of nitrogens with one attached hydrogen (secondary N) is 1. The predicted octanol–water partition coefficient (Wildman–Crippen LogP) is 0.517. The molecule has 0 aliphatic carbocycles. The molecule has 0 saturated carbocycles. The summed E-state index contributed by atoms with van der Waals surface area (Å²) >= 11 is 0. The van der Waals surface area contributed by atoms with Gasteiger partial charge in [-0.3, -0.25) is 0 Å². The van der Waals surface area contributed by atoms with Crippen molar-refractivity contribution < 1.29 is 0 Å². The molecule has 1 aromatic rings. The lowest BCUT2D eigenvalue weighted by atomic mass is 9.91. The third-order valence-corrected chi connectivity index (χ3v) is 3.23. The van der Waals surface area contributed by atoms with Gasteiger partial charge >= 0.3 is 0 Å². The first-order chi connectivity index (χ1) is 6.45. The molecule has 4 nitrogen and oxygen atoms in total. The number of nitrogens with zero attached hydrogens (tertiary/aromatic N) is 3. The van der Waals surface area contributed by atoms with Gasteiger partial charge in [0.1, 0.15) is 12.2 Å². The number of piperidine rings is 1. The van der Waals surface area contributed by atoms with Gasteiger partial charge in [-0.2, -0.15) is 0 Å². The lowest BCUT2D eigenvalue weighted by Gasteiger charge is -2.37. The third-order valence-electron chi connectivity index (χ3n) is 3.23. The normalized spacial score (nSPS) is 32.3. The minimum atomic E-state index is 0.618. The third kappa shape index (κ3) is 1.09. The molecule has 3 rings (SSSR count). The summed E-state index contributed by atoms with van der Waals surface area (Å²) in [5, 5.41) is 11.7. The monoisotopic (exact) mass is 178 g/mol. The van der Waals surface area contributed by atoms with E-state index in [0.717, 1.165) is 6.42 Å². The van der Waals surface area contributed by atoms with E-state index in [0.29, 0.717) is 12.1 Å². The predicted molar refractivity (Wildman–Crippen MR) is 48.4 cm³/mol. The number of aryl methyl sites for hydroxylation is 1. The van der Waals surface area contributed by atoms with Gasteiger partial charge in [0.05, 0.1) is 6.04 Å². The van der Waals surface area contributed by atoms with Crippen LogP contribution >= 0.6 is 0 Å². The molecule has 2 aliphatic rings. The van der Waals surface area contributed by atoms with E-state index in [9.17, 15) is 0 Å². The Kier molecular flexibility index (Phi) is 1.62. The Bertz CT molecular complexity index is 306. The maximum absolute atomic E-state index is 4.13. The first kappa shape index (κ1) is 7.50. The minimum absolute atomic E-state index is 0.618. The average molecular weight is 178 g/mol. The molecule has 0 amide bonds. The molecule has 4 heteroatoms. The van der Waals surface area contributed by atoms with E-state index in [1.54, 1.807) is 0 Å². The van der Waals surface area contributed by atoms with Crippen molar-refractivity contribution in [3.05, 3.63) is 12.2 Å². The van der Waals surface area contributed by atoms with E-state index in [4.69, 9.17) is 0 Å².